The number of methoxy groups -OCH3 is 1. The fraction of sp³-hybridized carbons (Fsp3) is 0.591. The molecule has 3 fully saturated rings. The molecule has 1 aromatic rings. The van der Waals surface area contributed by atoms with E-state index in [0.29, 0.717) is 12.8 Å². The van der Waals surface area contributed by atoms with Crippen molar-refractivity contribution in [3.8, 4) is 0 Å². The van der Waals surface area contributed by atoms with Gasteiger partial charge in [-0.05, 0) is 6.42 Å². The van der Waals surface area contributed by atoms with Gasteiger partial charge in [0.25, 0.3) is 0 Å². The molecule has 2 heterocycles. The maximum absolute atomic E-state index is 13.2. The molecule has 2 saturated heterocycles. The summed E-state index contributed by atoms with van der Waals surface area (Å²) in [6.07, 6.45) is 1.74. The molecule has 7 heteroatoms. The van der Waals surface area contributed by atoms with Crippen molar-refractivity contribution >= 4 is 5.97 Å². The van der Waals surface area contributed by atoms with Gasteiger partial charge in [0.2, 0.25) is 0 Å². The second-order valence-electron chi connectivity index (χ2n) is 8.45. The minimum absolute atomic E-state index is 0.0672. The van der Waals surface area contributed by atoms with Gasteiger partial charge in [0.05, 0.1) is 38.1 Å². The first-order chi connectivity index (χ1) is 14.1. The van der Waals surface area contributed by atoms with E-state index < -0.39 is 47.3 Å². The molecule has 8 atom stereocenters. The third-order valence-electron chi connectivity index (χ3n) is 7.28. The third-order valence-corrected chi connectivity index (χ3v) is 7.28. The molecule has 4 aliphatic rings. The average molecular weight is 402 g/mol. The second kappa shape index (κ2) is 6.89. The Hall–Kier alpha value is -1.77. The van der Waals surface area contributed by atoms with Crippen molar-refractivity contribution < 1.29 is 34.0 Å². The number of hydrogen-bond donors (Lipinski definition) is 2. The summed E-state index contributed by atoms with van der Waals surface area (Å²) in [4.78, 5) is 13.2. The van der Waals surface area contributed by atoms with Crippen LogP contribution in [0.2, 0.25) is 0 Å². The molecule has 0 spiro atoms. The van der Waals surface area contributed by atoms with Crippen LogP contribution in [0.15, 0.2) is 42.5 Å². The Morgan fingerprint density at radius 1 is 1.24 bits per heavy atom. The molecule has 0 aromatic heterocycles. The first kappa shape index (κ1) is 19.2. The molecule has 7 nitrogen and oxygen atoms in total. The highest BCUT2D eigenvalue weighted by Crippen LogP contribution is 2.65. The van der Waals surface area contributed by atoms with E-state index in [1.807, 2.05) is 36.4 Å². The van der Waals surface area contributed by atoms with E-state index in [2.05, 4.69) is 0 Å². The number of esters is 1. The molecule has 0 radical (unpaired) electrons. The lowest BCUT2D eigenvalue weighted by atomic mass is 9.48. The van der Waals surface area contributed by atoms with E-state index in [4.69, 9.17) is 18.9 Å². The van der Waals surface area contributed by atoms with Crippen LogP contribution in [-0.2, 0) is 23.7 Å². The number of aliphatic hydroxyl groups excluding tert-OH is 2. The zero-order valence-electron chi connectivity index (χ0n) is 16.3. The summed E-state index contributed by atoms with van der Waals surface area (Å²) < 4.78 is 24.0. The zero-order chi connectivity index (χ0) is 20.2. The van der Waals surface area contributed by atoms with E-state index >= 15 is 0 Å². The second-order valence-corrected chi connectivity index (χ2v) is 8.45. The van der Waals surface area contributed by atoms with Crippen molar-refractivity contribution in [1.29, 1.82) is 0 Å². The first-order valence-electron chi connectivity index (χ1n) is 10.1. The molecule has 1 saturated carbocycles. The van der Waals surface area contributed by atoms with Gasteiger partial charge in [-0.15, -0.1) is 0 Å². The monoisotopic (exact) mass is 402 g/mol. The Labute approximate surface area is 169 Å². The summed E-state index contributed by atoms with van der Waals surface area (Å²) in [5, 5.41) is 20.5. The summed E-state index contributed by atoms with van der Waals surface area (Å²) in [6.45, 7) is 0.0438. The molecule has 2 bridgehead atoms. The molecule has 5 rings (SSSR count). The molecule has 29 heavy (non-hydrogen) atoms. The smallest absolute Gasteiger partial charge is 0.317 e. The number of hydrogen-bond acceptors (Lipinski definition) is 7. The van der Waals surface area contributed by atoms with Crippen LogP contribution in [0, 0.1) is 16.7 Å². The highest BCUT2D eigenvalue weighted by Gasteiger charge is 2.74. The van der Waals surface area contributed by atoms with Crippen LogP contribution >= 0.6 is 0 Å². The van der Waals surface area contributed by atoms with Crippen LogP contribution < -0.4 is 0 Å². The van der Waals surface area contributed by atoms with E-state index in [1.54, 1.807) is 6.08 Å². The zero-order valence-corrected chi connectivity index (χ0v) is 16.3. The predicted octanol–water partition coefficient (Wildman–Crippen LogP) is 1.35. The van der Waals surface area contributed by atoms with Gasteiger partial charge >= 0.3 is 5.97 Å². The van der Waals surface area contributed by atoms with Crippen molar-refractivity contribution in [1.82, 2.24) is 0 Å². The Balaban J connectivity index is 1.66. The Morgan fingerprint density at radius 2 is 2.00 bits per heavy atom. The summed E-state index contributed by atoms with van der Waals surface area (Å²) in [5.74, 6) is -0.804. The molecule has 156 valence electrons. The number of aliphatic hydroxyl groups is 2. The fourth-order valence-electron chi connectivity index (χ4n) is 6.07. The lowest BCUT2D eigenvalue weighted by Gasteiger charge is -2.60. The third kappa shape index (κ3) is 2.52. The van der Waals surface area contributed by atoms with Crippen molar-refractivity contribution in [2.24, 2.45) is 16.7 Å². The Kier molecular flexibility index (Phi) is 4.56. The SMILES string of the molecule is COC(=O)[C@]12CO[C@@H]3[C@@H]1[C@@](CCO)(C=C[C@@H]3O)[C@@H]1C[C@H]2O[C@H](c2ccccc2)O1. The van der Waals surface area contributed by atoms with E-state index in [9.17, 15) is 15.0 Å². The molecule has 0 unspecified atom stereocenters. The van der Waals surface area contributed by atoms with Crippen molar-refractivity contribution in [3.05, 3.63) is 48.0 Å². The highest BCUT2D eigenvalue weighted by atomic mass is 16.7. The van der Waals surface area contributed by atoms with Gasteiger partial charge in [-0.3, -0.25) is 4.79 Å². The molecular weight excluding hydrogens is 376 g/mol. The van der Waals surface area contributed by atoms with Gasteiger partial charge in [-0.2, -0.15) is 0 Å². The van der Waals surface area contributed by atoms with Gasteiger partial charge in [0.1, 0.15) is 5.41 Å². The van der Waals surface area contributed by atoms with Crippen molar-refractivity contribution in [3.63, 3.8) is 0 Å². The highest BCUT2D eigenvalue weighted by molar-refractivity contribution is 5.79. The quantitative estimate of drug-likeness (QED) is 0.580. The molecule has 2 N–H and O–H groups in total. The summed E-state index contributed by atoms with van der Waals surface area (Å²) in [5.41, 5.74) is -0.848. The van der Waals surface area contributed by atoms with Crippen LogP contribution in [0.1, 0.15) is 24.7 Å². The van der Waals surface area contributed by atoms with Crippen LogP contribution in [-0.4, -0.2) is 60.9 Å². The largest absolute Gasteiger partial charge is 0.468 e. The summed E-state index contributed by atoms with van der Waals surface area (Å²) in [7, 11) is 1.37. The first-order valence-corrected chi connectivity index (χ1v) is 10.1. The van der Waals surface area contributed by atoms with E-state index in [1.165, 1.54) is 7.11 Å². The molecule has 1 aromatic carbocycles. The summed E-state index contributed by atoms with van der Waals surface area (Å²) >= 11 is 0. The number of rotatable bonds is 4. The molecular formula is C22H26O7. The van der Waals surface area contributed by atoms with Crippen molar-refractivity contribution in [2.75, 3.05) is 20.3 Å². The minimum atomic E-state index is -1.06. The van der Waals surface area contributed by atoms with Gasteiger partial charge in [-0.25, -0.2) is 0 Å². The van der Waals surface area contributed by atoms with E-state index in [-0.39, 0.29) is 19.3 Å². The predicted molar refractivity (Wildman–Crippen MR) is 101 cm³/mol. The number of benzene rings is 1. The fourth-order valence-corrected chi connectivity index (χ4v) is 6.07. The van der Waals surface area contributed by atoms with Gasteiger partial charge < -0.3 is 29.2 Å². The standard InChI is InChI=1S/C22H26O7/c1-26-20(25)22-12-27-17-14(24)7-8-21(9-10-23,18(17)22)15-11-16(22)29-19(28-15)13-5-3-2-4-6-13/h2-8,14-19,23-24H,9-12H2,1H3/t14-,15-,16+,17-,18+,19+,21+,22-/m0/s1. The normalized spacial score (nSPS) is 44.9. The Bertz CT molecular complexity index is 811. The molecule has 0 amide bonds. The minimum Gasteiger partial charge on any atom is -0.468 e. The average Bonchev–Trinajstić information content (AvgIpc) is 3.18. The number of ether oxygens (including phenoxy) is 4. The number of fused-ring (bicyclic) bond motifs is 4. The van der Waals surface area contributed by atoms with Gasteiger partial charge in [0.15, 0.2) is 6.29 Å². The number of carbonyl (C=O) groups is 1. The Morgan fingerprint density at radius 3 is 2.72 bits per heavy atom. The maximum Gasteiger partial charge on any atom is 0.317 e. The molecule has 2 aliphatic heterocycles. The topological polar surface area (TPSA) is 94.5 Å². The lowest BCUT2D eigenvalue weighted by molar-refractivity contribution is -0.327. The summed E-state index contributed by atoms with van der Waals surface area (Å²) in [6, 6.07) is 9.62. The van der Waals surface area contributed by atoms with Crippen LogP contribution in [0.25, 0.3) is 0 Å². The van der Waals surface area contributed by atoms with Crippen LogP contribution in [0.4, 0.5) is 0 Å². The van der Waals surface area contributed by atoms with E-state index in [0.717, 1.165) is 5.56 Å². The van der Waals surface area contributed by atoms with Gasteiger partial charge in [0, 0.05) is 29.9 Å². The molecule has 2 aliphatic carbocycles. The lowest BCUT2D eigenvalue weighted by Crippen LogP contribution is -2.68. The van der Waals surface area contributed by atoms with Crippen LogP contribution in [0.3, 0.4) is 0 Å². The van der Waals surface area contributed by atoms with Crippen molar-refractivity contribution in [2.45, 2.75) is 43.5 Å². The van der Waals surface area contributed by atoms with Gasteiger partial charge in [-0.1, -0.05) is 42.5 Å². The maximum atomic E-state index is 13.2. The number of carbonyl (C=O) groups excluding carboxylic acids is 1. The van der Waals surface area contributed by atoms with Crippen LogP contribution in [0.5, 0.6) is 0 Å².